The number of hydrogen-bond acceptors (Lipinski definition) is 3. The zero-order chi connectivity index (χ0) is 14.0. The molecule has 0 amide bonds. The zero-order valence-corrected chi connectivity index (χ0v) is 12.3. The molecule has 0 radical (unpaired) electrons. The highest BCUT2D eigenvalue weighted by Gasteiger charge is 2.37. The third-order valence-corrected chi connectivity index (χ3v) is 5.87. The maximum Gasteiger partial charge on any atom is 0.282 e. The predicted molar refractivity (Wildman–Crippen MR) is 76.8 cm³/mol. The molecule has 2 heterocycles. The number of hydrogen-bond donors (Lipinski definition) is 0. The van der Waals surface area contributed by atoms with Crippen molar-refractivity contribution < 1.29 is 13.2 Å². The van der Waals surface area contributed by atoms with E-state index in [1.165, 1.54) is 0 Å². The molecular formula is C14H20N2O3S. The van der Waals surface area contributed by atoms with E-state index in [0.717, 1.165) is 25.0 Å². The van der Waals surface area contributed by atoms with Gasteiger partial charge in [0.2, 0.25) is 0 Å². The van der Waals surface area contributed by atoms with Crippen molar-refractivity contribution in [3.8, 4) is 5.75 Å². The Labute approximate surface area is 120 Å². The standard InChI is InChI=1S/C14H20N2O3S/c17-20(18,15-9-4-5-10-15)16-11-8-14(12-16)19-13-6-2-1-3-7-13/h1-3,6-7,14H,4-5,8-12H2/t14-/m0/s1. The van der Waals surface area contributed by atoms with Crippen LogP contribution in [0.1, 0.15) is 19.3 Å². The Morgan fingerprint density at radius 2 is 1.70 bits per heavy atom. The van der Waals surface area contributed by atoms with Crippen molar-refractivity contribution in [1.29, 1.82) is 0 Å². The van der Waals surface area contributed by atoms with Gasteiger partial charge in [-0.15, -0.1) is 0 Å². The van der Waals surface area contributed by atoms with Crippen molar-refractivity contribution in [2.24, 2.45) is 0 Å². The Kier molecular flexibility index (Phi) is 3.96. The quantitative estimate of drug-likeness (QED) is 0.845. The van der Waals surface area contributed by atoms with Gasteiger partial charge in [0.25, 0.3) is 10.2 Å². The fraction of sp³-hybridized carbons (Fsp3) is 0.571. The summed E-state index contributed by atoms with van der Waals surface area (Å²) < 4.78 is 33.9. The first-order valence-corrected chi connectivity index (χ1v) is 8.53. The molecule has 3 rings (SSSR count). The van der Waals surface area contributed by atoms with Crippen LogP contribution in [0.15, 0.2) is 30.3 Å². The molecule has 0 aromatic heterocycles. The number of rotatable bonds is 4. The lowest BCUT2D eigenvalue weighted by atomic mass is 10.3. The van der Waals surface area contributed by atoms with Gasteiger partial charge in [-0.05, 0) is 31.4 Å². The van der Waals surface area contributed by atoms with E-state index in [4.69, 9.17) is 4.74 Å². The van der Waals surface area contributed by atoms with Crippen LogP contribution in [0.5, 0.6) is 5.75 Å². The molecule has 2 aliphatic heterocycles. The molecule has 0 N–H and O–H groups in total. The highest BCUT2D eigenvalue weighted by molar-refractivity contribution is 7.86. The van der Waals surface area contributed by atoms with E-state index in [9.17, 15) is 8.42 Å². The molecule has 110 valence electrons. The van der Waals surface area contributed by atoms with E-state index in [0.29, 0.717) is 26.2 Å². The van der Waals surface area contributed by atoms with Gasteiger partial charge in [0.1, 0.15) is 11.9 Å². The fourth-order valence-corrected chi connectivity index (χ4v) is 4.51. The molecule has 20 heavy (non-hydrogen) atoms. The van der Waals surface area contributed by atoms with Crippen molar-refractivity contribution in [3.63, 3.8) is 0 Å². The Hall–Kier alpha value is -1.11. The minimum Gasteiger partial charge on any atom is -0.489 e. The summed E-state index contributed by atoms with van der Waals surface area (Å²) >= 11 is 0. The van der Waals surface area contributed by atoms with Gasteiger partial charge in [0.05, 0.1) is 6.54 Å². The van der Waals surface area contributed by atoms with Crippen LogP contribution in [0.2, 0.25) is 0 Å². The second kappa shape index (κ2) is 5.71. The molecular weight excluding hydrogens is 276 g/mol. The van der Waals surface area contributed by atoms with Gasteiger partial charge in [-0.1, -0.05) is 18.2 Å². The first-order valence-electron chi connectivity index (χ1n) is 7.13. The molecule has 0 spiro atoms. The smallest absolute Gasteiger partial charge is 0.282 e. The van der Waals surface area contributed by atoms with Crippen LogP contribution in [-0.4, -0.2) is 49.3 Å². The molecule has 6 heteroatoms. The second-order valence-electron chi connectivity index (χ2n) is 5.31. The summed E-state index contributed by atoms with van der Waals surface area (Å²) in [5.74, 6) is 0.804. The summed E-state index contributed by atoms with van der Waals surface area (Å²) in [6.45, 7) is 2.32. The number of nitrogens with zero attached hydrogens (tertiary/aromatic N) is 2. The van der Waals surface area contributed by atoms with Crippen LogP contribution >= 0.6 is 0 Å². The average Bonchev–Trinajstić information content (AvgIpc) is 3.11. The summed E-state index contributed by atoms with van der Waals surface area (Å²) in [6.07, 6.45) is 2.64. The highest BCUT2D eigenvalue weighted by atomic mass is 32.2. The van der Waals surface area contributed by atoms with Crippen molar-refractivity contribution in [1.82, 2.24) is 8.61 Å². The molecule has 2 saturated heterocycles. The maximum atomic E-state index is 12.4. The Bertz CT molecular complexity index is 541. The van der Waals surface area contributed by atoms with Crippen LogP contribution in [0, 0.1) is 0 Å². The Morgan fingerprint density at radius 1 is 1.00 bits per heavy atom. The number of benzene rings is 1. The Balaban J connectivity index is 1.62. The fourth-order valence-electron chi connectivity index (χ4n) is 2.78. The SMILES string of the molecule is O=S(=O)(N1CCCC1)N1CC[C@H](Oc2ccccc2)C1. The van der Waals surface area contributed by atoms with E-state index < -0.39 is 10.2 Å². The van der Waals surface area contributed by atoms with Crippen LogP contribution in [0.4, 0.5) is 0 Å². The van der Waals surface area contributed by atoms with E-state index in [-0.39, 0.29) is 6.10 Å². The summed E-state index contributed by atoms with van der Waals surface area (Å²) in [6, 6.07) is 9.58. The van der Waals surface area contributed by atoms with Gasteiger partial charge in [0.15, 0.2) is 0 Å². The second-order valence-corrected chi connectivity index (χ2v) is 7.24. The molecule has 1 atom stereocenters. The highest BCUT2D eigenvalue weighted by Crippen LogP contribution is 2.23. The average molecular weight is 296 g/mol. The van der Waals surface area contributed by atoms with Gasteiger partial charge in [-0.3, -0.25) is 0 Å². The summed E-state index contributed by atoms with van der Waals surface area (Å²) in [4.78, 5) is 0. The van der Waals surface area contributed by atoms with Gasteiger partial charge in [0, 0.05) is 19.6 Å². The van der Waals surface area contributed by atoms with Gasteiger partial charge in [-0.25, -0.2) is 0 Å². The summed E-state index contributed by atoms with van der Waals surface area (Å²) in [5, 5.41) is 0. The molecule has 1 aromatic carbocycles. The lowest BCUT2D eigenvalue weighted by molar-refractivity contribution is 0.214. The molecule has 2 fully saturated rings. The van der Waals surface area contributed by atoms with Gasteiger partial charge < -0.3 is 4.74 Å². The van der Waals surface area contributed by atoms with Crippen LogP contribution in [-0.2, 0) is 10.2 Å². The molecule has 5 nitrogen and oxygen atoms in total. The number of para-hydroxylation sites is 1. The van der Waals surface area contributed by atoms with Crippen molar-refractivity contribution in [3.05, 3.63) is 30.3 Å². The summed E-state index contributed by atoms with van der Waals surface area (Å²) in [7, 11) is -3.28. The lowest BCUT2D eigenvalue weighted by Crippen LogP contribution is -2.41. The molecule has 2 aliphatic rings. The third-order valence-electron chi connectivity index (χ3n) is 3.87. The Morgan fingerprint density at radius 3 is 2.40 bits per heavy atom. The van der Waals surface area contributed by atoms with E-state index in [1.54, 1.807) is 8.61 Å². The third kappa shape index (κ3) is 2.82. The van der Waals surface area contributed by atoms with E-state index >= 15 is 0 Å². The summed E-state index contributed by atoms with van der Waals surface area (Å²) in [5.41, 5.74) is 0. The van der Waals surface area contributed by atoms with Crippen LogP contribution < -0.4 is 4.74 Å². The molecule has 0 saturated carbocycles. The molecule has 0 aliphatic carbocycles. The zero-order valence-electron chi connectivity index (χ0n) is 11.4. The molecule has 0 bridgehead atoms. The van der Waals surface area contributed by atoms with E-state index in [2.05, 4.69) is 0 Å². The number of ether oxygens (including phenoxy) is 1. The van der Waals surface area contributed by atoms with Crippen molar-refractivity contribution in [2.75, 3.05) is 26.2 Å². The first-order chi connectivity index (χ1) is 9.66. The van der Waals surface area contributed by atoms with Gasteiger partial charge >= 0.3 is 0 Å². The molecule has 0 unspecified atom stereocenters. The van der Waals surface area contributed by atoms with Gasteiger partial charge in [-0.2, -0.15) is 17.0 Å². The minimum atomic E-state index is -3.28. The van der Waals surface area contributed by atoms with Crippen LogP contribution in [0.25, 0.3) is 0 Å². The predicted octanol–water partition coefficient (Wildman–Crippen LogP) is 1.48. The largest absolute Gasteiger partial charge is 0.489 e. The molecule has 1 aromatic rings. The van der Waals surface area contributed by atoms with Crippen molar-refractivity contribution >= 4 is 10.2 Å². The normalized spacial score (nSPS) is 25.1. The first kappa shape index (κ1) is 13.9. The van der Waals surface area contributed by atoms with E-state index in [1.807, 2.05) is 30.3 Å². The minimum absolute atomic E-state index is 0.0465. The van der Waals surface area contributed by atoms with Crippen LogP contribution in [0.3, 0.4) is 0 Å². The topological polar surface area (TPSA) is 49.9 Å². The monoisotopic (exact) mass is 296 g/mol. The lowest BCUT2D eigenvalue weighted by Gasteiger charge is -2.23. The maximum absolute atomic E-state index is 12.4. The van der Waals surface area contributed by atoms with Crippen molar-refractivity contribution in [2.45, 2.75) is 25.4 Å².